The van der Waals surface area contributed by atoms with E-state index >= 15 is 0 Å². The lowest BCUT2D eigenvalue weighted by atomic mass is 9.72. The Morgan fingerprint density at radius 2 is 1.76 bits per heavy atom. The number of halogens is 4. The molecule has 3 aliphatic heterocycles. The second-order valence-corrected chi connectivity index (χ2v) is 15.2. The lowest BCUT2D eigenvalue weighted by molar-refractivity contribution is -0.153. The third-order valence-corrected chi connectivity index (χ3v) is 11.4. The second-order valence-electron chi connectivity index (χ2n) is 15.2. The minimum Gasteiger partial charge on any atom is -0.481 e. The van der Waals surface area contributed by atoms with Gasteiger partial charge in [-0.2, -0.15) is 38.5 Å². The van der Waals surface area contributed by atoms with Crippen LogP contribution >= 0.6 is 0 Å². The van der Waals surface area contributed by atoms with Gasteiger partial charge in [-0.25, -0.2) is 4.39 Å². The van der Waals surface area contributed by atoms with Gasteiger partial charge in [0.15, 0.2) is 18.2 Å². The Hall–Kier alpha value is -4.57. The maximum Gasteiger partial charge on any atom is 0.422 e. The summed E-state index contributed by atoms with van der Waals surface area (Å²) in [5.41, 5.74) is 4.04. The number of aromatic amines is 1. The summed E-state index contributed by atoms with van der Waals surface area (Å²) in [6.45, 7) is 8.62. The standard InChI is InChI=1S/C38H44F4N8O4/c1-22-4-7-28-32(46-47-45-28)29(22)30-26(24-5-6-24)18-27-31(33(30)53-21-38(40,41)42)43-36(54-25-8-12-48(13-9-25)16-17-52-3)44-34(27)49-14-10-37(11-15-49)19-50(20-37)35(51)23(2)39/h4,7,18,24-25H,2,5-6,8-17,19-21H2,1,3H3,(H,45,46,47). The van der Waals surface area contributed by atoms with E-state index in [9.17, 15) is 22.4 Å². The van der Waals surface area contributed by atoms with Crippen molar-refractivity contribution in [3.63, 3.8) is 0 Å². The van der Waals surface area contributed by atoms with E-state index in [1.54, 1.807) is 7.11 Å². The number of piperidine rings is 2. The first-order valence-electron chi connectivity index (χ1n) is 18.6. The largest absolute Gasteiger partial charge is 0.481 e. The highest BCUT2D eigenvalue weighted by atomic mass is 19.4. The van der Waals surface area contributed by atoms with E-state index in [2.05, 4.69) is 31.8 Å². The number of hydrogen-bond donors (Lipinski definition) is 1. The highest BCUT2D eigenvalue weighted by Gasteiger charge is 2.47. The molecule has 288 valence electrons. The third-order valence-electron chi connectivity index (χ3n) is 11.4. The number of amides is 1. The van der Waals surface area contributed by atoms with Gasteiger partial charge in [-0.15, -0.1) is 0 Å². The number of methoxy groups -OCH3 is 1. The third kappa shape index (κ3) is 7.17. The summed E-state index contributed by atoms with van der Waals surface area (Å²) in [5, 5.41) is 12.0. The Kier molecular flexibility index (Phi) is 9.61. The number of anilines is 1. The number of ether oxygens (including phenoxy) is 3. The van der Waals surface area contributed by atoms with Gasteiger partial charge in [0, 0.05) is 74.9 Å². The van der Waals surface area contributed by atoms with Crippen molar-refractivity contribution in [2.45, 2.75) is 63.6 Å². The molecule has 1 spiro atoms. The van der Waals surface area contributed by atoms with Gasteiger partial charge in [0.25, 0.3) is 5.91 Å². The number of nitrogens with zero attached hydrogens (tertiary/aromatic N) is 7. The summed E-state index contributed by atoms with van der Waals surface area (Å²) >= 11 is 0. The van der Waals surface area contributed by atoms with Gasteiger partial charge >= 0.3 is 12.2 Å². The van der Waals surface area contributed by atoms with Crippen molar-refractivity contribution >= 4 is 33.7 Å². The summed E-state index contributed by atoms with van der Waals surface area (Å²) in [6.07, 6.45) is -0.179. The average Bonchev–Trinajstić information content (AvgIpc) is 3.87. The van der Waals surface area contributed by atoms with E-state index in [0.29, 0.717) is 66.2 Å². The zero-order valence-electron chi connectivity index (χ0n) is 30.5. The number of benzene rings is 2. The highest BCUT2D eigenvalue weighted by Crippen LogP contribution is 2.53. The van der Waals surface area contributed by atoms with E-state index in [-0.39, 0.29) is 34.7 Å². The zero-order valence-corrected chi connectivity index (χ0v) is 30.5. The Labute approximate surface area is 309 Å². The monoisotopic (exact) mass is 752 g/mol. The zero-order chi connectivity index (χ0) is 37.8. The highest BCUT2D eigenvalue weighted by molar-refractivity contribution is 6.05. The number of nitrogens with one attached hydrogen (secondary N) is 1. The summed E-state index contributed by atoms with van der Waals surface area (Å²) in [4.78, 5) is 28.0. The first-order chi connectivity index (χ1) is 25.9. The summed E-state index contributed by atoms with van der Waals surface area (Å²) in [6, 6.07) is 5.81. The van der Waals surface area contributed by atoms with Crippen molar-refractivity contribution in [2.24, 2.45) is 5.41 Å². The molecule has 0 atom stereocenters. The molecule has 4 fully saturated rings. The predicted molar refractivity (Wildman–Crippen MR) is 193 cm³/mol. The first-order valence-corrected chi connectivity index (χ1v) is 18.6. The number of aromatic nitrogens is 5. The number of rotatable bonds is 11. The molecule has 2 aromatic heterocycles. The number of likely N-dealkylation sites (tertiary alicyclic amines) is 2. The van der Waals surface area contributed by atoms with Crippen molar-refractivity contribution in [3.05, 3.63) is 41.7 Å². The smallest absolute Gasteiger partial charge is 0.422 e. The molecule has 5 heterocycles. The Bertz CT molecular complexity index is 2060. The lowest BCUT2D eigenvalue weighted by Crippen LogP contribution is -2.62. The van der Waals surface area contributed by atoms with Gasteiger partial charge in [-0.3, -0.25) is 4.79 Å². The van der Waals surface area contributed by atoms with E-state index in [0.717, 1.165) is 69.3 Å². The molecule has 54 heavy (non-hydrogen) atoms. The minimum atomic E-state index is -4.62. The van der Waals surface area contributed by atoms with Crippen LogP contribution in [0.3, 0.4) is 0 Å². The van der Waals surface area contributed by atoms with Crippen LogP contribution in [-0.4, -0.2) is 120 Å². The summed E-state index contributed by atoms with van der Waals surface area (Å²) in [7, 11) is 1.68. The molecule has 0 radical (unpaired) electrons. The number of H-pyrrole nitrogens is 1. The normalized spacial score (nSPS) is 19.4. The van der Waals surface area contributed by atoms with Crippen LogP contribution < -0.4 is 14.4 Å². The molecule has 1 aliphatic carbocycles. The minimum absolute atomic E-state index is 0.0151. The molecule has 8 rings (SSSR count). The second kappa shape index (κ2) is 14.3. The van der Waals surface area contributed by atoms with Gasteiger partial charge in [0.05, 0.1) is 6.61 Å². The first kappa shape index (κ1) is 36.4. The van der Waals surface area contributed by atoms with E-state index in [1.165, 1.54) is 4.90 Å². The van der Waals surface area contributed by atoms with Crippen LogP contribution in [0.1, 0.15) is 55.6 Å². The number of carbonyl (C=O) groups excluding carboxylic acids is 1. The van der Waals surface area contributed by atoms with Gasteiger partial charge in [0.1, 0.15) is 28.5 Å². The van der Waals surface area contributed by atoms with E-state index in [4.69, 9.17) is 24.2 Å². The van der Waals surface area contributed by atoms with Gasteiger partial charge in [0.2, 0.25) is 0 Å². The van der Waals surface area contributed by atoms with Crippen molar-refractivity contribution in [3.8, 4) is 22.9 Å². The van der Waals surface area contributed by atoms with Crippen LogP contribution in [0.5, 0.6) is 11.8 Å². The molecule has 2 aromatic carbocycles. The molecule has 4 aliphatic rings. The van der Waals surface area contributed by atoms with Crippen molar-refractivity contribution in [2.75, 3.05) is 71.0 Å². The topological polar surface area (TPSA) is 122 Å². The average molecular weight is 753 g/mol. The fourth-order valence-corrected chi connectivity index (χ4v) is 8.32. The summed E-state index contributed by atoms with van der Waals surface area (Å²) in [5.74, 6) is -0.968. The number of alkyl halides is 3. The van der Waals surface area contributed by atoms with Crippen LogP contribution in [0, 0.1) is 12.3 Å². The molecule has 0 unspecified atom stereocenters. The van der Waals surface area contributed by atoms with Crippen LogP contribution in [0.4, 0.5) is 23.4 Å². The van der Waals surface area contributed by atoms with Crippen molar-refractivity contribution in [1.82, 2.24) is 35.2 Å². The molecule has 1 saturated carbocycles. The van der Waals surface area contributed by atoms with Gasteiger partial charge in [-0.05, 0) is 74.6 Å². The Morgan fingerprint density at radius 1 is 1.02 bits per heavy atom. The number of aryl methyl sites for hydroxylation is 1. The molecular weight excluding hydrogens is 708 g/mol. The van der Waals surface area contributed by atoms with E-state index < -0.39 is 24.5 Å². The van der Waals surface area contributed by atoms with Crippen LogP contribution in [0.25, 0.3) is 33.1 Å². The molecule has 1 amide bonds. The fraction of sp³-hybridized carbons (Fsp3) is 0.553. The molecule has 4 aromatic rings. The molecule has 16 heteroatoms. The molecule has 1 N–H and O–H groups in total. The quantitative estimate of drug-likeness (QED) is 0.142. The Morgan fingerprint density at radius 3 is 2.43 bits per heavy atom. The number of fused-ring (bicyclic) bond motifs is 2. The van der Waals surface area contributed by atoms with Crippen molar-refractivity contribution in [1.29, 1.82) is 0 Å². The SMILES string of the molecule is C=C(F)C(=O)N1CC2(CCN(c3nc(OC4CCN(CCOC)CC4)nc4c(OCC(F)(F)F)c(-c5c(C)ccc6n[nH]nc56)c(C5CC5)cc34)CC2)C1. The fourth-order valence-electron chi connectivity index (χ4n) is 8.32. The van der Waals surface area contributed by atoms with Crippen molar-refractivity contribution < 1.29 is 36.6 Å². The Balaban J connectivity index is 1.23. The van der Waals surface area contributed by atoms with E-state index in [1.807, 2.05) is 25.1 Å². The maximum absolute atomic E-state index is 14.1. The van der Waals surface area contributed by atoms with Crippen LogP contribution in [0.2, 0.25) is 0 Å². The number of carbonyl (C=O) groups is 1. The molecule has 3 saturated heterocycles. The van der Waals surface area contributed by atoms with Crippen LogP contribution in [0.15, 0.2) is 30.6 Å². The predicted octanol–water partition coefficient (Wildman–Crippen LogP) is 6.10. The van der Waals surface area contributed by atoms with Gasteiger partial charge in [-0.1, -0.05) is 12.6 Å². The maximum atomic E-state index is 14.1. The summed E-state index contributed by atoms with van der Waals surface area (Å²) < 4.78 is 73.4. The van der Waals surface area contributed by atoms with Gasteiger partial charge < -0.3 is 28.9 Å². The lowest BCUT2D eigenvalue weighted by Gasteiger charge is -2.54. The number of hydrogen-bond acceptors (Lipinski definition) is 10. The van der Waals surface area contributed by atoms with Crippen LogP contribution in [-0.2, 0) is 9.53 Å². The molecular formula is C38H44F4N8O4. The molecule has 0 bridgehead atoms. The molecule has 12 nitrogen and oxygen atoms in total.